The molecule has 3 aromatic rings. The van der Waals surface area contributed by atoms with E-state index in [2.05, 4.69) is 10.3 Å². The fourth-order valence-corrected chi connectivity index (χ4v) is 2.73. The Hall–Kier alpha value is -3.25. The maximum Gasteiger partial charge on any atom is 0.259 e. The number of aromatic nitrogens is 1. The number of hydrogen-bond donors (Lipinski definition) is 1. The van der Waals surface area contributed by atoms with Gasteiger partial charge in [0.15, 0.2) is 11.5 Å². The molecule has 1 heterocycles. The molecule has 1 N–H and O–H groups in total. The first-order valence-corrected chi connectivity index (χ1v) is 8.83. The molecule has 0 spiro atoms. The van der Waals surface area contributed by atoms with Gasteiger partial charge in [-0.15, -0.1) is 0 Å². The molecule has 0 aliphatic heterocycles. The summed E-state index contributed by atoms with van der Waals surface area (Å²) in [6.45, 7) is 0.268. The highest BCUT2D eigenvalue weighted by atomic mass is 35.5. The number of halogens is 1. The zero-order chi connectivity index (χ0) is 19.9. The van der Waals surface area contributed by atoms with Crippen LogP contribution in [0.3, 0.4) is 0 Å². The second-order valence-electron chi connectivity index (χ2n) is 5.78. The highest BCUT2D eigenvalue weighted by molar-refractivity contribution is 6.33. The van der Waals surface area contributed by atoms with Gasteiger partial charge in [0.1, 0.15) is 12.4 Å². The van der Waals surface area contributed by atoms with Crippen molar-refractivity contribution in [2.24, 2.45) is 0 Å². The van der Waals surface area contributed by atoms with Crippen LogP contribution in [0.4, 0.5) is 5.69 Å². The number of hydrogen-bond acceptors (Lipinski definition) is 5. The Morgan fingerprint density at radius 3 is 2.36 bits per heavy atom. The minimum atomic E-state index is -0.376. The fourth-order valence-electron chi connectivity index (χ4n) is 2.55. The molecule has 0 unspecified atom stereocenters. The topological polar surface area (TPSA) is 69.7 Å². The first-order chi connectivity index (χ1) is 13.6. The van der Waals surface area contributed by atoms with Crippen molar-refractivity contribution < 1.29 is 19.0 Å². The molecule has 0 bridgehead atoms. The highest BCUT2D eigenvalue weighted by Gasteiger charge is 2.19. The largest absolute Gasteiger partial charge is 0.493 e. The molecule has 28 heavy (non-hydrogen) atoms. The minimum absolute atomic E-state index is 0.268. The van der Waals surface area contributed by atoms with E-state index in [1.165, 1.54) is 14.2 Å². The van der Waals surface area contributed by atoms with Crippen molar-refractivity contribution in [3.63, 3.8) is 0 Å². The zero-order valence-electron chi connectivity index (χ0n) is 15.4. The van der Waals surface area contributed by atoms with Crippen molar-refractivity contribution in [2.45, 2.75) is 6.61 Å². The maximum atomic E-state index is 12.9. The van der Waals surface area contributed by atoms with Crippen LogP contribution in [0, 0.1) is 0 Å². The monoisotopic (exact) mass is 398 g/mol. The van der Waals surface area contributed by atoms with Crippen LogP contribution in [0.1, 0.15) is 15.9 Å². The van der Waals surface area contributed by atoms with E-state index in [1.807, 2.05) is 12.1 Å². The van der Waals surface area contributed by atoms with Crippen molar-refractivity contribution in [2.75, 3.05) is 19.5 Å². The highest BCUT2D eigenvalue weighted by Crippen LogP contribution is 2.36. The van der Waals surface area contributed by atoms with Crippen LogP contribution in [0.25, 0.3) is 0 Å². The average Bonchev–Trinajstić information content (AvgIpc) is 2.73. The van der Waals surface area contributed by atoms with E-state index >= 15 is 0 Å². The Morgan fingerprint density at radius 1 is 1.00 bits per heavy atom. The molecule has 6 nitrogen and oxygen atoms in total. The van der Waals surface area contributed by atoms with E-state index in [-0.39, 0.29) is 12.5 Å². The lowest BCUT2D eigenvalue weighted by molar-refractivity contribution is 0.102. The number of anilines is 1. The Morgan fingerprint density at radius 2 is 1.68 bits per heavy atom. The Kier molecular flexibility index (Phi) is 6.34. The van der Waals surface area contributed by atoms with E-state index in [0.717, 1.165) is 5.56 Å². The van der Waals surface area contributed by atoms with Gasteiger partial charge in [-0.25, -0.2) is 0 Å². The number of pyridine rings is 1. The van der Waals surface area contributed by atoms with Crippen LogP contribution in [-0.4, -0.2) is 25.1 Å². The molecule has 0 saturated carbocycles. The number of benzene rings is 2. The van der Waals surface area contributed by atoms with Crippen LogP contribution in [0.5, 0.6) is 17.2 Å². The maximum absolute atomic E-state index is 12.9. The molecule has 2 aromatic carbocycles. The normalized spacial score (nSPS) is 10.2. The number of nitrogens with one attached hydrogen (secondary N) is 1. The van der Waals surface area contributed by atoms with Crippen LogP contribution in [0.15, 0.2) is 60.9 Å². The number of nitrogens with zero attached hydrogens (tertiary/aromatic N) is 1. The first kappa shape index (κ1) is 19.5. The number of rotatable bonds is 7. The van der Waals surface area contributed by atoms with E-state index in [4.69, 9.17) is 25.8 Å². The summed E-state index contributed by atoms with van der Waals surface area (Å²) in [5, 5.41) is 3.24. The molecule has 0 atom stereocenters. The molecule has 0 radical (unpaired) electrons. The minimum Gasteiger partial charge on any atom is -0.493 e. The second-order valence-corrected chi connectivity index (χ2v) is 6.19. The molecule has 144 valence electrons. The average molecular weight is 399 g/mol. The summed E-state index contributed by atoms with van der Waals surface area (Å²) >= 11 is 6.15. The number of carbonyl (C=O) groups is 1. The smallest absolute Gasteiger partial charge is 0.259 e. The lowest BCUT2D eigenvalue weighted by Crippen LogP contribution is -2.14. The van der Waals surface area contributed by atoms with Gasteiger partial charge in [0.2, 0.25) is 0 Å². The summed E-state index contributed by atoms with van der Waals surface area (Å²) in [7, 11) is 3.03. The van der Waals surface area contributed by atoms with E-state index in [9.17, 15) is 4.79 Å². The summed E-state index contributed by atoms with van der Waals surface area (Å²) in [6.07, 6.45) is 3.36. The number of para-hydroxylation sites is 1. The van der Waals surface area contributed by atoms with Gasteiger partial charge in [-0.3, -0.25) is 9.78 Å². The van der Waals surface area contributed by atoms with Crippen molar-refractivity contribution in [1.29, 1.82) is 0 Å². The van der Waals surface area contributed by atoms with Gasteiger partial charge in [-0.2, -0.15) is 0 Å². The van der Waals surface area contributed by atoms with Gasteiger partial charge in [0.25, 0.3) is 5.91 Å². The molecule has 1 aromatic heterocycles. The van der Waals surface area contributed by atoms with Gasteiger partial charge < -0.3 is 19.5 Å². The van der Waals surface area contributed by atoms with Gasteiger partial charge in [-0.05, 0) is 29.8 Å². The van der Waals surface area contributed by atoms with Gasteiger partial charge in [0.05, 0.1) is 30.5 Å². The Balaban J connectivity index is 1.92. The number of carbonyl (C=O) groups excluding carboxylic acids is 1. The molecule has 0 aliphatic rings. The summed E-state index contributed by atoms with van der Waals surface area (Å²) in [4.78, 5) is 16.9. The predicted octanol–water partition coefficient (Wildman–Crippen LogP) is 4.58. The summed E-state index contributed by atoms with van der Waals surface area (Å²) in [5.74, 6) is 0.863. The summed E-state index contributed by atoms with van der Waals surface area (Å²) in [5.41, 5.74) is 1.72. The third kappa shape index (κ3) is 4.53. The van der Waals surface area contributed by atoms with Crippen molar-refractivity contribution in [3.05, 3.63) is 77.1 Å². The number of ether oxygens (including phenoxy) is 3. The van der Waals surface area contributed by atoms with Crippen molar-refractivity contribution in [3.8, 4) is 17.2 Å². The molecular formula is C21H19ClN2O4. The molecule has 7 heteroatoms. The predicted molar refractivity (Wildman–Crippen MR) is 108 cm³/mol. The van der Waals surface area contributed by atoms with Crippen molar-refractivity contribution >= 4 is 23.2 Å². The van der Waals surface area contributed by atoms with Gasteiger partial charge in [0, 0.05) is 24.5 Å². The SMILES string of the molecule is COc1cc(OCc2ccncc2)c(C(=O)Nc2ccccc2Cl)cc1OC. The molecule has 0 saturated heterocycles. The summed E-state index contributed by atoms with van der Waals surface area (Å²) in [6, 6.07) is 13.9. The van der Waals surface area contributed by atoms with E-state index in [0.29, 0.717) is 33.5 Å². The van der Waals surface area contributed by atoms with Crippen LogP contribution in [0.2, 0.25) is 5.02 Å². The molecule has 0 aliphatic carbocycles. The lowest BCUT2D eigenvalue weighted by Gasteiger charge is -2.16. The molecule has 0 fully saturated rings. The van der Waals surface area contributed by atoms with Gasteiger partial charge in [-0.1, -0.05) is 23.7 Å². The van der Waals surface area contributed by atoms with Crippen LogP contribution in [-0.2, 0) is 6.61 Å². The quantitative estimate of drug-likeness (QED) is 0.630. The van der Waals surface area contributed by atoms with E-state index in [1.54, 1.807) is 48.8 Å². The first-order valence-electron chi connectivity index (χ1n) is 8.46. The van der Waals surface area contributed by atoms with Crippen molar-refractivity contribution in [1.82, 2.24) is 4.98 Å². The van der Waals surface area contributed by atoms with Crippen LogP contribution < -0.4 is 19.5 Å². The number of amides is 1. The third-order valence-electron chi connectivity index (χ3n) is 4.00. The van der Waals surface area contributed by atoms with Crippen LogP contribution >= 0.6 is 11.6 Å². The molecule has 1 amide bonds. The van der Waals surface area contributed by atoms with Gasteiger partial charge >= 0.3 is 0 Å². The Labute approximate surface area is 168 Å². The number of methoxy groups -OCH3 is 2. The Bertz CT molecular complexity index is 964. The van der Waals surface area contributed by atoms with E-state index < -0.39 is 0 Å². The fraction of sp³-hybridized carbons (Fsp3) is 0.143. The third-order valence-corrected chi connectivity index (χ3v) is 4.33. The second kappa shape index (κ2) is 9.10. The zero-order valence-corrected chi connectivity index (χ0v) is 16.2. The summed E-state index contributed by atoms with van der Waals surface area (Å²) < 4.78 is 16.6. The lowest BCUT2D eigenvalue weighted by atomic mass is 10.1. The molecule has 3 rings (SSSR count). The standard InChI is InChI=1S/C21H19ClN2O4/c1-26-19-11-15(21(25)24-17-6-4-3-5-16(17)22)18(12-20(19)27-2)28-13-14-7-9-23-10-8-14/h3-12H,13H2,1-2H3,(H,24,25). The molecular weight excluding hydrogens is 380 g/mol.